The molecule has 0 aromatic heterocycles. The highest BCUT2D eigenvalue weighted by Crippen LogP contribution is 2.37. The van der Waals surface area contributed by atoms with Crippen molar-refractivity contribution in [2.75, 3.05) is 0 Å². The summed E-state index contributed by atoms with van der Waals surface area (Å²) in [6, 6.07) is 27.5. The van der Waals surface area contributed by atoms with Crippen LogP contribution in [-0.2, 0) is 0 Å². The van der Waals surface area contributed by atoms with Crippen LogP contribution >= 0.6 is 0 Å². The Morgan fingerprint density at radius 2 is 1.45 bits per heavy atom. The SMILES string of the molecule is O=C1c2ccccc2C(=Nc2ccc(OC(F)F)cc2)[C@H]1c1ccc2ccccc2c1. The second kappa shape index (κ2) is 7.76. The van der Waals surface area contributed by atoms with Crippen LogP contribution in [0.2, 0.25) is 0 Å². The summed E-state index contributed by atoms with van der Waals surface area (Å²) in [4.78, 5) is 18.1. The summed E-state index contributed by atoms with van der Waals surface area (Å²) < 4.78 is 29.2. The maximum atomic E-state index is 13.3. The Bertz CT molecular complexity index is 1310. The Labute approximate surface area is 177 Å². The molecule has 0 aliphatic heterocycles. The van der Waals surface area contributed by atoms with E-state index in [1.54, 1.807) is 12.1 Å². The number of hydrogen-bond acceptors (Lipinski definition) is 3. The number of carbonyl (C=O) groups is 1. The van der Waals surface area contributed by atoms with Gasteiger partial charge in [0, 0.05) is 11.1 Å². The van der Waals surface area contributed by atoms with Crippen molar-refractivity contribution in [1.29, 1.82) is 0 Å². The number of ketones is 1. The molecule has 0 N–H and O–H groups in total. The Balaban J connectivity index is 1.61. The summed E-state index contributed by atoms with van der Waals surface area (Å²) >= 11 is 0. The highest BCUT2D eigenvalue weighted by atomic mass is 19.3. The zero-order valence-electron chi connectivity index (χ0n) is 16.3. The van der Waals surface area contributed by atoms with Crippen molar-refractivity contribution in [3.63, 3.8) is 0 Å². The van der Waals surface area contributed by atoms with E-state index in [1.807, 2.05) is 66.7 Å². The van der Waals surface area contributed by atoms with Crippen LogP contribution in [0.15, 0.2) is 96.0 Å². The zero-order chi connectivity index (χ0) is 21.4. The minimum Gasteiger partial charge on any atom is -0.435 e. The molecule has 1 atom stereocenters. The van der Waals surface area contributed by atoms with E-state index >= 15 is 0 Å². The molecule has 0 heterocycles. The maximum Gasteiger partial charge on any atom is 0.387 e. The lowest BCUT2D eigenvalue weighted by molar-refractivity contribution is -0.0498. The molecule has 3 nitrogen and oxygen atoms in total. The van der Waals surface area contributed by atoms with E-state index in [-0.39, 0.29) is 11.5 Å². The first-order chi connectivity index (χ1) is 15.1. The van der Waals surface area contributed by atoms with E-state index in [2.05, 4.69) is 4.74 Å². The monoisotopic (exact) mass is 413 g/mol. The second-order valence-electron chi connectivity index (χ2n) is 7.32. The Morgan fingerprint density at radius 1 is 0.774 bits per heavy atom. The van der Waals surface area contributed by atoms with Crippen molar-refractivity contribution in [2.24, 2.45) is 4.99 Å². The van der Waals surface area contributed by atoms with E-state index < -0.39 is 12.5 Å². The summed E-state index contributed by atoms with van der Waals surface area (Å²) in [5.41, 5.74) is 3.51. The van der Waals surface area contributed by atoms with Gasteiger partial charge in [0.2, 0.25) is 0 Å². The van der Waals surface area contributed by atoms with Crippen LogP contribution in [-0.4, -0.2) is 18.1 Å². The lowest BCUT2D eigenvalue weighted by Gasteiger charge is -2.13. The van der Waals surface area contributed by atoms with E-state index in [0.717, 1.165) is 21.9 Å². The molecule has 1 aliphatic carbocycles. The largest absolute Gasteiger partial charge is 0.435 e. The smallest absolute Gasteiger partial charge is 0.387 e. The third-order valence-electron chi connectivity index (χ3n) is 5.42. The van der Waals surface area contributed by atoms with Gasteiger partial charge in [0.1, 0.15) is 5.75 Å². The predicted octanol–water partition coefficient (Wildman–Crippen LogP) is 6.54. The molecule has 0 bridgehead atoms. The van der Waals surface area contributed by atoms with Gasteiger partial charge in [0.15, 0.2) is 5.78 Å². The van der Waals surface area contributed by atoms with Crippen molar-refractivity contribution in [3.8, 4) is 5.75 Å². The summed E-state index contributed by atoms with van der Waals surface area (Å²) in [6.45, 7) is -2.88. The number of fused-ring (bicyclic) bond motifs is 2. The fourth-order valence-corrected chi connectivity index (χ4v) is 4.02. The number of nitrogens with zero attached hydrogens (tertiary/aromatic N) is 1. The zero-order valence-corrected chi connectivity index (χ0v) is 16.3. The Hall–Kier alpha value is -3.86. The van der Waals surface area contributed by atoms with Gasteiger partial charge in [-0.05, 0) is 40.6 Å². The van der Waals surface area contributed by atoms with Gasteiger partial charge >= 0.3 is 6.61 Å². The Morgan fingerprint density at radius 3 is 2.19 bits per heavy atom. The van der Waals surface area contributed by atoms with Crippen LogP contribution in [0.1, 0.15) is 27.4 Å². The normalized spacial score (nSPS) is 16.8. The first kappa shape index (κ1) is 19.1. The number of benzene rings is 4. The first-order valence-corrected chi connectivity index (χ1v) is 9.86. The number of alkyl halides is 2. The van der Waals surface area contributed by atoms with E-state index in [0.29, 0.717) is 17.0 Å². The highest BCUT2D eigenvalue weighted by molar-refractivity contribution is 6.32. The quantitative estimate of drug-likeness (QED) is 0.381. The molecule has 0 unspecified atom stereocenters. The van der Waals surface area contributed by atoms with Crippen LogP contribution in [0.4, 0.5) is 14.5 Å². The molecule has 4 aromatic carbocycles. The topological polar surface area (TPSA) is 38.7 Å². The number of aliphatic imine (C=N–C) groups is 1. The van der Waals surface area contributed by atoms with Gasteiger partial charge in [0.25, 0.3) is 0 Å². The van der Waals surface area contributed by atoms with Gasteiger partial charge in [-0.2, -0.15) is 8.78 Å². The molecule has 152 valence electrons. The number of rotatable bonds is 4. The van der Waals surface area contributed by atoms with Gasteiger partial charge in [-0.3, -0.25) is 9.79 Å². The van der Waals surface area contributed by atoms with Crippen LogP contribution in [0, 0.1) is 0 Å². The molecular formula is C26H17F2NO2. The summed E-state index contributed by atoms with van der Waals surface area (Å²) in [7, 11) is 0. The van der Waals surface area contributed by atoms with E-state index in [4.69, 9.17) is 4.99 Å². The number of ether oxygens (including phenoxy) is 1. The standard InChI is InChI=1S/C26H17F2NO2/c27-26(28)31-20-13-11-19(12-14-20)29-24-21-7-3-4-8-22(21)25(30)23(24)18-10-9-16-5-1-2-6-17(16)15-18/h1-15,23,26H/t23-/m1/s1. The van der Waals surface area contributed by atoms with Crippen LogP contribution in [0.3, 0.4) is 0 Å². The second-order valence-corrected chi connectivity index (χ2v) is 7.32. The minimum atomic E-state index is -2.88. The van der Waals surface area contributed by atoms with Crippen molar-refractivity contribution in [1.82, 2.24) is 0 Å². The molecule has 0 amide bonds. The van der Waals surface area contributed by atoms with Crippen molar-refractivity contribution in [3.05, 3.63) is 108 Å². The van der Waals surface area contributed by atoms with Gasteiger partial charge in [-0.1, -0.05) is 66.7 Å². The lowest BCUT2D eigenvalue weighted by Crippen LogP contribution is -2.13. The van der Waals surface area contributed by atoms with Crippen molar-refractivity contribution in [2.45, 2.75) is 12.5 Å². The van der Waals surface area contributed by atoms with Gasteiger partial charge in [-0.15, -0.1) is 0 Å². The van der Waals surface area contributed by atoms with Crippen LogP contribution in [0.25, 0.3) is 10.8 Å². The third kappa shape index (κ3) is 3.59. The minimum absolute atomic E-state index is 0.00212. The number of hydrogen-bond donors (Lipinski definition) is 0. The average molecular weight is 413 g/mol. The molecule has 1 aliphatic rings. The maximum absolute atomic E-state index is 13.3. The van der Waals surface area contributed by atoms with Crippen molar-refractivity contribution >= 4 is 28.0 Å². The predicted molar refractivity (Wildman–Crippen MR) is 117 cm³/mol. The third-order valence-corrected chi connectivity index (χ3v) is 5.42. The molecule has 31 heavy (non-hydrogen) atoms. The molecule has 0 saturated heterocycles. The summed E-state index contributed by atoms with van der Waals surface area (Å²) in [5.74, 6) is -0.464. The summed E-state index contributed by atoms with van der Waals surface area (Å²) in [5, 5.41) is 2.15. The molecule has 5 rings (SSSR count). The van der Waals surface area contributed by atoms with E-state index in [9.17, 15) is 13.6 Å². The number of carbonyl (C=O) groups excluding carboxylic acids is 1. The van der Waals surface area contributed by atoms with Crippen molar-refractivity contribution < 1.29 is 18.3 Å². The molecule has 0 fully saturated rings. The molecule has 0 radical (unpaired) electrons. The lowest BCUT2D eigenvalue weighted by atomic mass is 9.91. The van der Waals surface area contributed by atoms with Gasteiger partial charge < -0.3 is 4.74 Å². The molecule has 0 spiro atoms. The number of Topliss-reactive ketones (excluding diaryl/α,β-unsaturated/α-hetero) is 1. The van der Waals surface area contributed by atoms with Gasteiger partial charge in [0.05, 0.1) is 17.3 Å². The van der Waals surface area contributed by atoms with E-state index in [1.165, 1.54) is 12.1 Å². The molecule has 0 saturated carbocycles. The highest BCUT2D eigenvalue weighted by Gasteiger charge is 2.37. The van der Waals surface area contributed by atoms with Gasteiger partial charge in [-0.25, -0.2) is 0 Å². The molecule has 5 heteroatoms. The van der Waals surface area contributed by atoms with Crippen LogP contribution < -0.4 is 4.74 Å². The summed E-state index contributed by atoms with van der Waals surface area (Å²) in [6.07, 6.45) is 0. The van der Waals surface area contributed by atoms with Crippen LogP contribution in [0.5, 0.6) is 5.75 Å². The molecule has 4 aromatic rings. The first-order valence-electron chi connectivity index (χ1n) is 9.86. The Kier molecular flexibility index (Phi) is 4.79. The fourth-order valence-electron chi connectivity index (χ4n) is 4.02. The molecular weight excluding hydrogens is 396 g/mol. The average Bonchev–Trinajstić information content (AvgIpc) is 3.06. The number of halogens is 2. The fraction of sp³-hybridized carbons (Fsp3) is 0.0769.